The highest BCUT2D eigenvalue weighted by Crippen LogP contribution is 2.17. The van der Waals surface area contributed by atoms with Crippen LogP contribution in [0.1, 0.15) is 12.5 Å². The molecular weight excluding hydrogens is 230 g/mol. The predicted molar refractivity (Wildman–Crippen MR) is 73.4 cm³/mol. The molecule has 1 heterocycles. The molecule has 0 bridgehead atoms. The van der Waals surface area contributed by atoms with Crippen molar-refractivity contribution in [2.75, 3.05) is 6.54 Å². The first-order valence-electron chi connectivity index (χ1n) is 5.70. The third kappa shape index (κ3) is 3.35. The summed E-state index contributed by atoms with van der Waals surface area (Å²) in [5, 5.41) is 4.86. The van der Waals surface area contributed by atoms with Gasteiger partial charge in [0.2, 0.25) is 0 Å². The van der Waals surface area contributed by atoms with Crippen molar-refractivity contribution in [3.05, 3.63) is 48.3 Å². The van der Waals surface area contributed by atoms with E-state index in [1.54, 1.807) is 0 Å². The van der Waals surface area contributed by atoms with Crippen molar-refractivity contribution in [3.8, 4) is 5.69 Å². The quantitative estimate of drug-likeness (QED) is 0.882. The first-order valence-corrected chi connectivity index (χ1v) is 6.75. The lowest BCUT2D eigenvalue weighted by Crippen LogP contribution is -2.12. The minimum Gasteiger partial charge on any atom is -0.329 e. The van der Waals surface area contributed by atoms with Crippen molar-refractivity contribution in [1.82, 2.24) is 9.78 Å². The van der Waals surface area contributed by atoms with Gasteiger partial charge >= 0.3 is 0 Å². The van der Waals surface area contributed by atoms with Crippen molar-refractivity contribution in [3.63, 3.8) is 0 Å². The van der Waals surface area contributed by atoms with E-state index < -0.39 is 0 Å². The van der Waals surface area contributed by atoms with Crippen LogP contribution < -0.4 is 5.73 Å². The molecular formula is C13H17N3S. The van der Waals surface area contributed by atoms with Crippen molar-refractivity contribution in [2.45, 2.75) is 17.9 Å². The van der Waals surface area contributed by atoms with Gasteiger partial charge in [-0.3, -0.25) is 0 Å². The number of aromatic nitrogens is 2. The Labute approximate surface area is 106 Å². The normalized spacial score (nSPS) is 12.6. The summed E-state index contributed by atoms with van der Waals surface area (Å²) in [7, 11) is 0. The zero-order chi connectivity index (χ0) is 12.1. The molecule has 2 rings (SSSR count). The Morgan fingerprint density at radius 1 is 1.35 bits per heavy atom. The molecule has 0 saturated carbocycles. The highest BCUT2D eigenvalue weighted by atomic mass is 32.2. The highest BCUT2D eigenvalue weighted by Gasteiger charge is 2.03. The first kappa shape index (κ1) is 12.2. The van der Waals surface area contributed by atoms with Gasteiger partial charge in [0, 0.05) is 29.3 Å². The monoisotopic (exact) mass is 247 g/mol. The van der Waals surface area contributed by atoms with Gasteiger partial charge in [0.15, 0.2) is 0 Å². The Morgan fingerprint density at radius 2 is 2.12 bits per heavy atom. The highest BCUT2D eigenvalue weighted by molar-refractivity contribution is 7.99. The molecule has 2 N–H and O–H groups in total. The van der Waals surface area contributed by atoms with Gasteiger partial charge in [0.05, 0.1) is 11.9 Å². The molecule has 0 spiro atoms. The Kier molecular flexibility index (Phi) is 4.23. The zero-order valence-electron chi connectivity index (χ0n) is 9.91. The molecule has 0 fully saturated rings. The van der Waals surface area contributed by atoms with Gasteiger partial charge in [0.25, 0.3) is 0 Å². The summed E-state index contributed by atoms with van der Waals surface area (Å²) in [6.07, 6.45) is 3.99. The molecule has 0 aliphatic carbocycles. The van der Waals surface area contributed by atoms with Crippen LogP contribution in [0.2, 0.25) is 0 Å². The summed E-state index contributed by atoms with van der Waals surface area (Å²) in [5.41, 5.74) is 7.92. The molecule has 1 aromatic carbocycles. The van der Waals surface area contributed by atoms with E-state index >= 15 is 0 Å². The zero-order valence-corrected chi connectivity index (χ0v) is 10.7. The van der Waals surface area contributed by atoms with E-state index in [2.05, 4.69) is 18.2 Å². The number of nitrogens with two attached hydrogens (primary N) is 1. The number of hydrogen-bond acceptors (Lipinski definition) is 3. The lowest BCUT2D eigenvalue weighted by Gasteiger charge is -2.05. The van der Waals surface area contributed by atoms with Crippen LogP contribution in [0.4, 0.5) is 0 Å². The summed E-state index contributed by atoms with van der Waals surface area (Å²) in [5.74, 6) is 0.963. The third-order valence-electron chi connectivity index (χ3n) is 2.52. The number of nitrogens with zero attached hydrogens (tertiary/aromatic N) is 2. The standard InChI is InChI=1S/C13H17N3S/c1-11(7-14)17-10-12-8-15-16(9-12)13-5-3-2-4-6-13/h2-6,8-9,11H,7,10,14H2,1H3. The lowest BCUT2D eigenvalue weighted by atomic mass is 10.3. The van der Waals surface area contributed by atoms with Crippen LogP contribution in [-0.2, 0) is 5.75 Å². The van der Waals surface area contributed by atoms with Gasteiger partial charge in [0.1, 0.15) is 0 Å². The van der Waals surface area contributed by atoms with Gasteiger partial charge in [-0.1, -0.05) is 25.1 Å². The second-order valence-electron chi connectivity index (χ2n) is 3.99. The van der Waals surface area contributed by atoms with Crippen LogP contribution in [0.15, 0.2) is 42.7 Å². The molecule has 3 nitrogen and oxygen atoms in total. The van der Waals surface area contributed by atoms with Crippen LogP contribution >= 0.6 is 11.8 Å². The van der Waals surface area contributed by atoms with Gasteiger partial charge in [-0.05, 0) is 12.1 Å². The second-order valence-corrected chi connectivity index (χ2v) is 5.41. The minimum absolute atomic E-state index is 0.495. The van der Waals surface area contributed by atoms with E-state index in [1.807, 2.05) is 53.0 Å². The van der Waals surface area contributed by atoms with Gasteiger partial charge in [-0.2, -0.15) is 16.9 Å². The maximum Gasteiger partial charge on any atom is 0.0645 e. The van der Waals surface area contributed by atoms with Crippen LogP contribution in [0.5, 0.6) is 0 Å². The Hall–Kier alpha value is -1.26. The Morgan fingerprint density at radius 3 is 2.82 bits per heavy atom. The molecule has 4 heteroatoms. The molecule has 1 atom stereocenters. The lowest BCUT2D eigenvalue weighted by molar-refractivity contribution is 0.880. The summed E-state index contributed by atoms with van der Waals surface area (Å²) >= 11 is 1.86. The summed E-state index contributed by atoms with van der Waals surface area (Å²) in [4.78, 5) is 0. The number of rotatable bonds is 5. The maximum absolute atomic E-state index is 5.59. The number of benzene rings is 1. The van der Waals surface area contributed by atoms with E-state index in [1.165, 1.54) is 5.56 Å². The molecule has 17 heavy (non-hydrogen) atoms. The van der Waals surface area contributed by atoms with Crippen molar-refractivity contribution < 1.29 is 0 Å². The molecule has 2 aromatic rings. The fourth-order valence-corrected chi connectivity index (χ4v) is 2.23. The van der Waals surface area contributed by atoms with Crippen LogP contribution in [0, 0.1) is 0 Å². The van der Waals surface area contributed by atoms with E-state index in [4.69, 9.17) is 5.73 Å². The molecule has 0 aliphatic heterocycles. The largest absolute Gasteiger partial charge is 0.329 e. The molecule has 0 saturated heterocycles. The minimum atomic E-state index is 0.495. The topological polar surface area (TPSA) is 43.8 Å². The smallest absolute Gasteiger partial charge is 0.0645 e. The van der Waals surface area contributed by atoms with Crippen molar-refractivity contribution in [2.24, 2.45) is 5.73 Å². The fraction of sp³-hybridized carbons (Fsp3) is 0.308. The predicted octanol–water partition coefficient (Wildman–Crippen LogP) is 2.45. The summed E-state index contributed by atoms with van der Waals surface area (Å²) < 4.78 is 1.91. The van der Waals surface area contributed by atoms with E-state index in [9.17, 15) is 0 Å². The molecule has 1 aromatic heterocycles. The summed E-state index contributed by atoms with van der Waals surface area (Å²) in [6, 6.07) is 10.1. The first-order chi connectivity index (χ1) is 8.29. The van der Waals surface area contributed by atoms with Crippen LogP contribution in [-0.4, -0.2) is 21.6 Å². The molecule has 1 unspecified atom stereocenters. The van der Waals surface area contributed by atoms with E-state index in [0.29, 0.717) is 5.25 Å². The molecule has 90 valence electrons. The maximum atomic E-state index is 5.59. The number of para-hydroxylation sites is 1. The van der Waals surface area contributed by atoms with Crippen molar-refractivity contribution in [1.29, 1.82) is 0 Å². The van der Waals surface area contributed by atoms with Crippen molar-refractivity contribution >= 4 is 11.8 Å². The number of hydrogen-bond donors (Lipinski definition) is 1. The Balaban J connectivity index is 2.01. The average Bonchev–Trinajstić information content (AvgIpc) is 2.86. The fourth-order valence-electron chi connectivity index (χ4n) is 1.46. The SMILES string of the molecule is CC(CN)SCc1cnn(-c2ccccc2)c1. The Bertz CT molecular complexity index is 453. The second kappa shape index (κ2) is 5.89. The van der Waals surface area contributed by atoms with Crippen LogP contribution in [0.25, 0.3) is 5.69 Å². The van der Waals surface area contributed by atoms with Gasteiger partial charge < -0.3 is 5.73 Å². The number of thioether (sulfide) groups is 1. The molecule has 0 radical (unpaired) electrons. The van der Waals surface area contributed by atoms with E-state index in [0.717, 1.165) is 18.0 Å². The van der Waals surface area contributed by atoms with E-state index in [-0.39, 0.29) is 0 Å². The molecule has 0 amide bonds. The summed E-state index contributed by atoms with van der Waals surface area (Å²) in [6.45, 7) is 2.86. The average molecular weight is 247 g/mol. The van der Waals surface area contributed by atoms with Gasteiger partial charge in [-0.15, -0.1) is 0 Å². The van der Waals surface area contributed by atoms with Gasteiger partial charge in [-0.25, -0.2) is 4.68 Å². The molecule has 0 aliphatic rings. The van der Waals surface area contributed by atoms with Crippen LogP contribution in [0.3, 0.4) is 0 Å². The third-order valence-corrected chi connectivity index (χ3v) is 3.78.